The second-order valence-electron chi connectivity index (χ2n) is 6.74. The third-order valence-electron chi connectivity index (χ3n) is 5.30. The third-order valence-corrected chi connectivity index (χ3v) is 5.55. The number of pyridine rings is 1. The molecule has 1 aliphatic heterocycles. The van der Waals surface area contributed by atoms with Gasteiger partial charge in [0.1, 0.15) is 5.82 Å². The molecule has 1 amide bonds. The summed E-state index contributed by atoms with van der Waals surface area (Å²) >= 11 is 6.02. The molecule has 1 fully saturated rings. The van der Waals surface area contributed by atoms with Crippen LogP contribution in [0, 0.1) is 5.82 Å². The lowest BCUT2D eigenvalue weighted by molar-refractivity contribution is -0.120. The van der Waals surface area contributed by atoms with E-state index in [9.17, 15) is 9.18 Å². The molecule has 1 aromatic heterocycles. The number of aromatic nitrogens is 1. The van der Waals surface area contributed by atoms with E-state index < -0.39 is 17.3 Å². The zero-order valence-electron chi connectivity index (χ0n) is 15.2. The minimum atomic E-state index is -0.824. The van der Waals surface area contributed by atoms with Gasteiger partial charge in [-0.1, -0.05) is 30.7 Å². The number of nitrogens with zero attached hydrogens (tertiary/aromatic N) is 1. The molecule has 1 saturated heterocycles. The van der Waals surface area contributed by atoms with Crippen LogP contribution in [0.5, 0.6) is 0 Å². The first-order chi connectivity index (χ1) is 13.0. The largest absolute Gasteiger partial charge is 0.381 e. The summed E-state index contributed by atoms with van der Waals surface area (Å²) in [6, 6.07) is 6.58. The van der Waals surface area contributed by atoms with E-state index in [0.717, 1.165) is 11.8 Å². The van der Waals surface area contributed by atoms with Gasteiger partial charge >= 0.3 is 0 Å². The Bertz CT molecular complexity index is 807. The predicted molar refractivity (Wildman–Crippen MR) is 103 cm³/mol. The van der Waals surface area contributed by atoms with Crippen molar-refractivity contribution in [2.45, 2.75) is 37.6 Å². The van der Waals surface area contributed by atoms with Gasteiger partial charge in [-0.3, -0.25) is 9.78 Å². The molecule has 1 aliphatic rings. The highest BCUT2D eigenvalue weighted by Gasteiger charge is 2.43. The summed E-state index contributed by atoms with van der Waals surface area (Å²) in [5.74, 6) is -0.809. The topological polar surface area (TPSA) is 77.2 Å². The van der Waals surface area contributed by atoms with Gasteiger partial charge in [-0.2, -0.15) is 0 Å². The van der Waals surface area contributed by atoms with Crippen LogP contribution in [0.2, 0.25) is 5.02 Å². The van der Waals surface area contributed by atoms with Crippen molar-refractivity contribution in [3.8, 4) is 0 Å². The van der Waals surface area contributed by atoms with E-state index in [1.165, 1.54) is 6.20 Å². The minimum Gasteiger partial charge on any atom is -0.381 e. The van der Waals surface area contributed by atoms with Gasteiger partial charge in [-0.15, -0.1) is 0 Å². The van der Waals surface area contributed by atoms with Crippen LogP contribution in [0.15, 0.2) is 36.7 Å². The normalized spacial score (nSPS) is 17.3. The van der Waals surface area contributed by atoms with Crippen LogP contribution in [-0.4, -0.2) is 30.1 Å². The molecule has 2 aromatic rings. The molecule has 3 N–H and O–H groups in total. The number of nitrogens with one attached hydrogen (secondary N) is 1. The lowest BCUT2D eigenvalue weighted by atomic mass is 9.68. The SMILES string of the molecule is CCc1c(F)cncc1NC(=O)[C@@H](N)C1(c2ccc(Cl)cc2)CCOCC1. The zero-order valence-corrected chi connectivity index (χ0v) is 15.9. The number of nitrogens with two attached hydrogens (primary N) is 1. The number of hydrogen-bond acceptors (Lipinski definition) is 4. The second-order valence-corrected chi connectivity index (χ2v) is 7.18. The Kier molecular flexibility index (Phi) is 6.09. The van der Waals surface area contributed by atoms with E-state index in [-0.39, 0.29) is 5.91 Å². The lowest BCUT2D eigenvalue weighted by Gasteiger charge is -2.41. The summed E-state index contributed by atoms with van der Waals surface area (Å²) in [5, 5.41) is 3.39. The number of hydrogen-bond donors (Lipinski definition) is 2. The van der Waals surface area contributed by atoms with Crippen LogP contribution in [0.3, 0.4) is 0 Å². The molecular formula is C20H23ClFN3O2. The number of rotatable bonds is 5. The van der Waals surface area contributed by atoms with Gasteiger partial charge in [0.15, 0.2) is 0 Å². The molecule has 0 radical (unpaired) electrons. The Morgan fingerprint density at radius 2 is 2.00 bits per heavy atom. The quantitative estimate of drug-likeness (QED) is 0.818. The van der Waals surface area contributed by atoms with Crippen molar-refractivity contribution in [1.29, 1.82) is 0 Å². The summed E-state index contributed by atoms with van der Waals surface area (Å²) in [7, 11) is 0. The van der Waals surface area contributed by atoms with Crippen molar-refractivity contribution in [3.63, 3.8) is 0 Å². The highest BCUT2D eigenvalue weighted by molar-refractivity contribution is 6.30. The smallest absolute Gasteiger partial charge is 0.242 e. The molecular weight excluding hydrogens is 369 g/mol. The molecule has 1 aromatic carbocycles. The Labute approximate surface area is 163 Å². The molecule has 0 unspecified atom stereocenters. The molecule has 5 nitrogen and oxygen atoms in total. The van der Waals surface area contributed by atoms with Crippen molar-refractivity contribution in [2.75, 3.05) is 18.5 Å². The average molecular weight is 392 g/mol. The lowest BCUT2D eigenvalue weighted by Crippen LogP contribution is -2.55. The summed E-state index contributed by atoms with van der Waals surface area (Å²) in [6.45, 7) is 2.86. The number of anilines is 1. The number of carbonyl (C=O) groups is 1. The molecule has 144 valence electrons. The zero-order chi connectivity index (χ0) is 19.4. The molecule has 2 heterocycles. The molecule has 1 atom stereocenters. The fourth-order valence-corrected chi connectivity index (χ4v) is 3.81. The predicted octanol–water partition coefficient (Wildman–Crippen LogP) is 3.45. The van der Waals surface area contributed by atoms with Crippen LogP contribution in [-0.2, 0) is 21.4 Å². The second kappa shape index (κ2) is 8.33. The van der Waals surface area contributed by atoms with Crippen molar-refractivity contribution >= 4 is 23.2 Å². The highest BCUT2D eigenvalue weighted by atomic mass is 35.5. The monoisotopic (exact) mass is 391 g/mol. The van der Waals surface area contributed by atoms with Crippen LogP contribution >= 0.6 is 11.6 Å². The summed E-state index contributed by atoms with van der Waals surface area (Å²) in [6.07, 6.45) is 4.26. The van der Waals surface area contributed by atoms with Crippen molar-refractivity contribution in [3.05, 3.63) is 58.6 Å². The summed E-state index contributed by atoms with van der Waals surface area (Å²) in [5.41, 5.74) is 7.61. The van der Waals surface area contributed by atoms with E-state index >= 15 is 0 Å². The molecule has 0 saturated carbocycles. The van der Waals surface area contributed by atoms with Gasteiger partial charge in [0.2, 0.25) is 5.91 Å². The number of carbonyl (C=O) groups excluding carboxylic acids is 1. The van der Waals surface area contributed by atoms with Gasteiger partial charge in [-0.25, -0.2) is 4.39 Å². The number of benzene rings is 1. The van der Waals surface area contributed by atoms with E-state index in [1.54, 1.807) is 12.1 Å². The molecule has 27 heavy (non-hydrogen) atoms. The Hall–Kier alpha value is -2.02. The van der Waals surface area contributed by atoms with E-state index in [4.69, 9.17) is 22.1 Å². The van der Waals surface area contributed by atoms with E-state index in [0.29, 0.717) is 48.7 Å². The minimum absolute atomic E-state index is 0.358. The van der Waals surface area contributed by atoms with Gasteiger partial charge in [0.25, 0.3) is 0 Å². The molecule has 3 rings (SSSR count). The first-order valence-electron chi connectivity index (χ1n) is 9.00. The molecule has 0 bridgehead atoms. The number of amides is 1. The fraction of sp³-hybridized carbons (Fsp3) is 0.400. The summed E-state index contributed by atoms with van der Waals surface area (Å²) in [4.78, 5) is 16.8. The molecule has 0 aliphatic carbocycles. The van der Waals surface area contributed by atoms with Crippen LogP contribution in [0.1, 0.15) is 30.9 Å². The first-order valence-corrected chi connectivity index (χ1v) is 9.38. The van der Waals surface area contributed by atoms with Crippen LogP contribution < -0.4 is 11.1 Å². The van der Waals surface area contributed by atoms with Gasteiger partial charge < -0.3 is 15.8 Å². The first kappa shape index (κ1) is 19.7. The van der Waals surface area contributed by atoms with Crippen LogP contribution in [0.25, 0.3) is 0 Å². The fourth-order valence-electron chi connectivity index (χ4n) is 3.69. The average Bonchev–Trinajstić information content (AvgIpc) is 2.68. The van der Waals surface area contributed by atoms with Crippen molar-refractivity contribution in [1.82, 2.24) is 4.98 Å². The van der Waals surface area contributed by atoms with Gasteiger partial charge in [0, 0.05) is 29.2 Å². The third kappa shape index (κ3) is 3.98. The Balaban J connectivity index is 1.90. The van der Waals surface area contributed by atoms with Crippen molar-refractivity contribution < 1.29 is 13.9 Å². The maximum absolute atomic E-state index is 14.0. The number of ether oxygens (including phenoxy) is 1. The maximum Gasteiger partial charge on any atom is 0.242 e. The molecule has 7 heteroatoms. The Morgan fingerprint density at radius 1 is 1.33 bits per heavy atom. The Morgan fingerprint density at radius 3 is 2.63 bits per heavy atom. The maximum atomic E-state index is 14.0. The molecule has 0 spiro atoms. The summed E-state index contributed by atoms with van der Waals surface area (Å²) < 4.78 is 19.5. The van der Waals surface area contributed by atoms with Gasteiger partial charge in [-0.05, 0) is 37.0 Å². The van der Waals surface area contributed by atoms with E-state index in [2.05, 4.69) is 10.3 Å². The highest BCUT2D eigenvalue weighted by Crippen LogP contribution is 2.38. The van der Waals surface area contributed by atoms with Crippen molar-refractivity contribution in [2.24, 2.45) is 5.73 Å². The standard InChI is InChI=1S/C20H23ClFN3O2/c1-2-15-16(22)11-24-12-17(15)25-19(26)18(23)20(7-9-27-10-8-20)13-3-5-14(21)6-4-13/h3-6,11-12,18H,2,7-10,23H2,1H3,(H,25,26)/t18-/m1/s1. The van der Waals surface area contributed by atoms with Gasteiger partial charge in [0.05, 0.1) is 24.1 Å². The number of halogens is 2. The van der Waals surface area contributed by atoms with E-state index in [1.807, 2.05) is 19.1 Å². The van der Waals surface area contributed by atoms with Crippen LogP contribution in [0.4, 0.5) is 10.1 Å².